The van der Waals surface area contributed by atoms with E-state index < -0.39 is 11.7 Å². The van der Waals surface area contributed by atoms with Crippen molar-refractivity contribution < 1.29 is 17.6 Å². The molecule has 0 bridgehead atoms. The van der Waals surface area contributed by atoms with Crippen LogP contribution in [0.2, 0.25) is 0 Å². The number of aryl methyl sites for hydroxylation is 1. The molecule has 3 rings (SSSR count). The predicted molar refractivity (Wildman–Crippen MR) is 89.0 cm³/mol. The fourth-order valence-corrected chi connectivity index (χ4v) is 3.01. The van der Waals surface area contributed by atoms with Gasteiger partial charge in [0.05, 0.1) is 11.3 Å². The van der Waals surface area contributed by atoms with E-state index in [0.717, 1.165) is 37.5 Å². The van der Waals surface area contributed by atoms with Crippen molar-refractivity contribution in [2.24, 2.45) is 0 Å². The highest BCUT2D eigenvalue weighted by Crippen LogP contribution is 2.32. The van der Waals surface area contributed by atoms with Crippen molar-refractivity contribution in [2.75, 3.05) is 26.7 Å². The molecule has 1 saturated heterocycles. The number of piperazine rings is 1. The molecule has 25 heavy (non-hydrogen) atoms. The molecule has 4 nitrogen and oxygen atoms in total. The third-order valence-corrected chi connectivity index (χ3v) is 4.75. The van der Waals surface area contributed by atoms with Crippen LogP contribution < -0.4 is 0 Å². The molecule has 1 aliphatic rings. The minimum absolute atomic E-state index is 0.237. The second-order valence-corrected chi connectivity index (χ2v) is 6.67. The lowest BCUT2D eigenvalue weighted by molar-refractivity contribution is -0.137. The van der Waals surface area contributed by atoms with E-state index >= 15 is 0 Å². The van der Waals surface area contributed by atoms with Gasteiger partial charge in [0.25, 0.3) is 0 Å². The molecule has 0 aliphatic carbocycles. The number of benzene rings is 1. The molecule has 0 radical (unpaired) electrons. The van der Waals surface area contributed by atoms with Gasteiger partial charge in [-0.3, -0.25) is 4.90 Å². The zero-order valence-electron chi connectivity index (χ0n) is 14.6. The molecule has 0 spiro atoms. The van der Waals surface area contributed by atoms with Gasteiger partial charge in [-0.25, -0.2) is 4.98 Å². The van der Waals surface area contributed by atoms with Crippen molar-refractivity contribution in [3.8, 4) is 11.5 Å². The lowest BCUT2D eigenvalue weighted by Gasteiger charge is -2.37. The molecule has 2 aromatic rings. The summed E-state index contributed by atoms with van der Waals surface area (Å²) in [5.41, 5.74) is 0.426. The zero-order chi connectivity index (χ0) is 18.2. The summed E-state index contributed by atoms with van der Waals surface area (Å²) in [4.78, 5) is 9.05. The standard InChI is InChI=1S/C18H22F3N3O/c1-12-10-24(8-7-23(12)3)11-16-13(2)25-17(22-16)14-5-4-6-15(9-14)18(19,20)21/h4-6,9,12H,7-8,10-11H2,1-3H3/t12-/m0/s1. The molecule has 1 fully saturated rings. The predicted octanol–water partition coefficient (Wildman–Crippen LogP) is 3.80. The van der Waals surface area contributed by atoms with Crippen molar-refractivity contribution in [3.05, 3.63) is 41.3 Å². The molecular weight excluding hydrogens is 331 g/mol. The van der Waals surface area contributed by atoms with E-state index in [1.165, 1.54) is 6.07 Å². The number of oxazole rings is 1. The molecule has 2 heterocycles. The molecule has 1 aliphatic heterocycles. The van der Waals surface area contributed by atoms with Gasteiger partial charge in [0.15, 0.2) is 0 Å². The van der Waals surface area contributed by atoms with Crippen LogP contribution in [0.3, 0.4) is 0 Å². The molecule has 1 aromatic heterocycles. The van der Waals surface area contributed by atoms with Crippen LogP contribution in [0.5, 0.6) is 0 Å². The Balaban J connectivity index is 1.79. The maximum Gasteiger partial charge on any atom is 0.416 e. The van der Waals surface area contributed by atoms with Gasteiger partial charge in [0, 0.05) is 37.8 Å². The van der Waals surface area contributed by atoms with E-state index in [9.17, 15) is 13.2 Å². The first kappa shape index (κ1) is 17.9. The second kappa shape index (κ2) is 6.80. The highest BCUT2D eigenvalue weighted by Gasteiger charge is 2.31. The van der Waals surface area contributed by atoms with Crippen LogP contribution in [-0.4, -0.2) is 47.5 Å². The highest BCUT2D eigenvalue weighted by molar-refractivity contribution is 5.55. The van der Waals surface area contributed by atoms with Crippen molar-refractivity contribution in [1.29, 1.82) is 0 Å². The van der Waals surface area contributed by atoms with Gasteiger partial charge >= 0.3 is 6.18 Å². The Morgan fingerprint density at radius 1 is 1.28 bits per heavy atom. The number of aromatic nitrogens is 1. The van der Waals surface area contributed by atoms with Crippen LogP contribution in [0.15, 0.2) is 28.7 Å². The summed E-state index contributed by atoms with van der Waals surface area (Å²) in [5, 5.41) is 0. The Bertz CT molecular complexity index is 741. The van der Waals surface area contributed by atoms with Gasteiger partial charge in [0.1, 0.15) is 5.76 Å². The number of hydrogen-bond donors (Lipinski definition) is 0. The minimum atomic E-state index is -4.38. The molecule has 1 aromatic carbocycles. The summed E-state index contributed by atoms with van der Waals surface area (Å²) in [6.45, 7) is 7.48. The summed E-state index contributed by atoms with van der Waals surface area (Å²) >= 11 is 0. The Hall–Kier alpha value is -1.86. The Morgan fingerprint density at radius 3 is 2.72 bits per heavy atom. The van der Waals surface area contributed by atoms with E-state index in [1.807, 2.05) is 0 Å². The van der Waals surface area contributed by atoms with Crippen LogP contribution >= 0.6 is 0 Å². The number of likely N-dealkylation sites (N-methyl/N-ethyl adjacent to an activating group) is 1. The Kier molecular flexibility index (Phi) is 4.88. The van der Waals surface area contributed by atoms with Crippen molar-refractivity contribution in [1.82, 2.24) is 14.8 Å². The third-order valence-electron chi connectivity index (χ3n) is 4.75. The summed E-state index contributed by atoms with van der Waals surface area (Å²) < 4.78 is 44.3. The molecule has 136 valence electrons. The molecule has 0 amide bonds. The fraction of sp³-hybridized carbons (Fsp3) is 0.500. The quantitative estimate of drug-likeness (QED) is 0.840. The van der Waals surface area contributed by atoms with E-state index in [1.54, 1.807) is 13.0 Å². The van der Waals surface area contributed by atoms with Gasteiger partial charge in [-0.1, -0.05) is 6.07 Å². The van der Waals surface area contributed by atoms with Crippen LogP contribution in [0.4, 0.5) is 13.2 Å². The van der Waals surface area contributed by atoms with E-state index in [2.05, 4.69) is 28.8 Å². The third kappa shape index (κ3) is 4.04. The smallest absolute Gasteiger partial charge is 0.416 e. The van der Waals surface area contributed by atoms with Gasteiger partial charge in [-0.15, -0.1) is 0 Å². The zero-order valence-corrected chi connectivity index (χ0v) is 14.6. The monoisotopic (exact) mass is 353 g/mol. The number of nitrogens with zero attached hydrogens (tertiary/aromatic N) is 3. The summed E-state index contributed by atoms with van der Waals surface area (Å²) in [7, 11) is 2.11. The average Bonchev–Trinajstić information content (AvgIpc) is 2.91. The first-order valence-corrected chi connectivity index (χ1v) is 8.30. The van der Waals surface area contributed by atoms with Crippen LogP contribution in [0.25, 0.3) is 11.5 Å². The molecule has 1 atom stereocenters. The lowest BCUT2D eigenvalue weighted by Crippen LogP contribution is -2.49. The van der Waals surface area contributed by atoms with Crippen molar-refractivity contribution >= 4 is 0 Å². The van der Waals surface area contributed by atoms with Crippen molar-refractivity contribution in [2.45, 2.75) is 32.6 Å². The van der Waals surface area contributed by atoms with Crippen LogP contribution in [0, 0.1) is 6.92 Å². The fourth-order valence-electron chi connectivity index (χ4n) is 3.01. The van der Waals surface area contributed by atoms with Crippen molar-refractivity contribution in [3.63, 3.8) is 0 Å². The average molecular weight is 353 g/mol. The SMILES string of the molecule is Cc1oc(-c2cccc(C(F)(F)F)c2)nc1CN1CCN(C)[C@@H](C)C1. The maximum absolute atomic E-state index is 12.9. The maximum atomic E-state index is 12.9. The van der Waals surface area contributed by atoms with Crippen LogP contribution in [0.1, 0.15) is 23.9 Å². The molecular formula is C18H22F3N3O. The number of halogens is 3. The Labute approximate surface area is 145 Å². The van der Waals surface area contributed by atoms with E-state index in [4.69, 9.17) is 4.42 Å². The molecule has 0 saturated carbocycles. The van der Waals surface area contributed by atoms with E-state index in [-0.39, 0.29) is 5.89 Å². The van der Waals surface area contributed by atoms with Gasteiger partial charge in [-0.05, 0) is 39.1 Å². The van der Waals surface area contributed by atoms with Crippen LogP contribution in [-0.2, 0) is 12.7 Å². The number of alkyl halides is 3. The second-order valence-electron chi connectivity index (χ2n) is 6.67. The molecule has 0 unspecified atom stereocenters. The largest absolute Gasteiger partial charge is 0.441 e. The lowest BCUT2D eigenvalue weighted by atomic mass is 10.1. The van der Waals surface area contributed by atoms with Gasteiger partial charge < -0.3 is 9.32 Å². The normalized spacial score (nSPS) is 20.2. The van der Waals surface area contributed by atoms with E-state index in [0.29, 0.717) is 23.9 Å². The molecule has 0 N–H and O–H groups in total. The summed E-state index contributed by atoms with van der Waals surface area (Å²) in [5.74, 6) is 0.889. The topological polar surface area (TPSA) is 32.5 Å². The van der Waals surface area contributed by atoms with Gasteiger partial charge in [0.2, 0.25) is 5.89 Å². The minimum Gasteiger partial charge on any atom is -0.441 e. The highest BCUT2D eigenvalue weighted by atomic mass is 19.4. The van der Waals surface area contributed by atoms with Gasteiger partial charge in [-0.2, -0.15) is 13.2 Å². The Morgan fingerprint density at radius 2 is 2.04 bits per heavy atom. The number of hydrogen-bond acceptors (Lipinski definition) is 4. The first-order chi connectivity index (χ1) is 11.7. The molecule has 7 heteroatoms. The first-order valence-electron chi connectivity index (χ1n) is 8.30. The summed E-state index contributed by atoms with van der Waals surface area (Å²) in [6, 6.07) is 5.55. The summed E-state index contributed by atoms with van der Waals surface area (Å²) in [6.07, 6.45) is -4.38. The number of rotatable bonds is 3.